The number of aliphatic hydroxyl groups excluding tert-OH is 1. The van der Waals surface area contributed by atoms with Crippen molar-refractivity contribution >= 4 is 21.7 Å². The van der Waals surface area contributed by atoms with Gasteiger partial charge in [0.05, 0.1) is 0 Å². The van der Waals surface area contributed by atoms with Crippen LogP contribution in [-0.4, -0.2) is 30.7 Å². The predicted molar refractivity (Wildman–Crippen MR) is 65.9 cm³/mol. The van der Waals surface area contributed by atoms with Crippen LogP contribution in [0.1, 0.15) is 22.8 Å². The lowest BCUT2D eigenvalue weighted by Gasteiger charge is -2.17. The summed E-state index contributed by atoms with van der Waals surface area (Å²) in [5.74, 6) is -3.66. The number of halogens is 3. The van der Waals surface area contributed by atoms with Crippen molar-refractivity contribution in [3.63, 3.8) is 0 Å². The van der Waals surface area contributed by atoms with E-state index in [1.54, 1.807) is 0 Å². The Kier molecular flexibility index (Phi) is 4.95. The number of rotatable bonds is 5. The molecule has 1 aromatic rings. The first-order valence-electron chi connectivity index (χ1n) is 5.18. The summed E-state index contributed by atoms with van der Waals surface area (Å²) in [7, 11) is 1.19. The van der Waals surface area contributed by atoms with E-state index < -0.39 is 24.4 Å². The number of Topliss-reactive ketones (excluding diaryl/α,β-unsaturated/α-hetero) is 1. The first kappa shape index (κ1) is 15.2. The normalized spacial score (nSPS) is 13.4. The molecule has 0 spiro atoms. The molecule has 100 valence electrons. The molecular weight excluding hydrogens is 310 g/mol. The summed E-state index contributed by atoms with van der Waals surface area (Å²) >= 11 is 3.00. The Morgan fingerprint density at radius 3 is 2.61 bits per heavy atom. The van der Waals surface area contributed by atoms with E-state index in [0.29, 0.717) is 0 Å². The predicted octanol–water partition coefficient (Wildman–Crippen LogP) is 2.75. The van der Waals surface area contributed by atoms with Gasteiger partial charge in [0.25, 0.3) is 5.92 Å². The molecule has 0 radical (unpaired) electrons. The molecule has 1 N–H and O–H groups in total. The SMILES string of the molecule is COCC(F)(F)c1ccc(C(=O)[C@H](C)O)cc1Br. The lowest BCUT2D eigenvalue weighted by atomic mass is 10.0. The van der Waals surface area contributed by atoms with Crippen LogP contribution in [0, 0.1) is 0 Å². The molecule has 0 saturated carbocycles. The Labute approximate surface area is 112 Å². The molecule has 6 heteroatoms. The molecule has 0 unspecified atom stereocenters. The van der Waals surface area contributed by atoms with Gasteiger partial charge in [-0.25, -0.2) is 0 Å². The van der Waals surface area contributed by atoms with Gasteiger partial charge in [0, 0.05) is 22.7 Å². The van der Waals surface area contributed by atoms with Gasteiger partial charge in [0.1, 0.15) is 12.7 Å². The summed E-state index contributed by atoms with van der Waals surface area (Å²) in [6.45, 7) is 0.582. The molecule has 0 heterocycles. The van der Waals surface area contributed by atoms with Gasteiger partial charge in [0.2, 0.25) is 0 Å². The van der Waals surface area contributed by atoms with Crippen LogP contribution in [0.4, 0.5) is 8.78 Å². The van der Waals surface area contributed by atoms with Gasteiger partial charge in [-0.15, -0.1) is 0 Å². The highest BCUT2D eigenvalue weighted by atomic mass is 79.9. The van der Waals surface area contributed by atoms with Crippen LogP contribution in [0.15, 0.2) is 22.7 Å². The Balaban J connectivity index is 3.11. The van der Waals surface area contributed by atoms with Crippen LogP contribution in [0.25, 0.3) is 0 Å². The molecule has 3 nitrogen and oxygen atoms in total. The Morgan fingerprint density at radius 2 is 2.17 bits per heavy atom. The van der Waals surface area contributed by atoms with Gasteiger partial charge in [-0.3, -0.25) is 4.79 Å². The molecule has 0 aliphatic heterocycles. The van der Waals surface area contributed by atoms with Crippen molar-refractivity contribution in [3.05, 3.63) is 33.8 Å². The number of carbonyl (C=O) groups is 1. The minimum Gasteiger partial charge on any atom is -0.385 e. The van der Waals surface area contributed by atoms with Crippen molar-refractivity contribution in [2.24, 2.45) is 0 Å². The molecule has 0 saturated heterocycles. The maximum atomic E-state index is 13.6. The number of aliphatic hydroxyl groups is 1. The van der Waals surface area contributed by atoms with Gasteiger partial charge in [-0.2, -0.15) is 8.78 Å². The quantitative estimate of drug-likeness (QED) is 0.848. The average molecular weight is 323 g/mol. The largest absolute Gasteiger partial charge is 0.385 e. The third-order valence-electron chi connectivity index (χ3n) is 2.35. The van der Waals surface area contributed by atoms with E-state index in [1.165, 1.54) is 26.2 Å². The van der Waals surface area contributed by atoms with Crippen LogP contribution < -0.4 is 0 Å². The van der Waals surface area contributed by atoms with Crippen molar-refractivity contribution < 1.29 is 23.4 Å². The smallest absolute Gasteiger partial charge is 0.297 e. The zero-order valence-electron chi connectivity index (χ0n) is 9.91. The molecule has 0 aliphatic carbocycles. The maximum Gasteiger partial charge on any atom is 0.297 e. The zero-order chi connectivity index (χ0) is 13.9. The van der Waals surface area contributed by atoms with Gasteiger partial charge in [-0.05, 0) is 13.0 Å². The zero-order valence-corrected chi connectivity index (χ0v) is 11.5. The first-order chi connectivity index (χ1) is 8.29. The van der Waals surface area contributed by atoms with Crippen molar-refractivity contribution in [2.45, 2.75) is 19.0 Å². The number of alkyl halides is 2. The minimum absolute atomic E-state index is 0.107. The van der Waals surface area contributed by atoms with Gasteiger partial charge >= 0.3 is 0 Å². The summed E-state index contributed by atoms with van der Waals surface area (Å²) in [6, 6.07) is 3.69. The number of hydrogen-bond acceptors (Lipinski definition) is 3. The summed E-state index contributed by atoms with van der Waals surface area (Å²) in [5.41, 5.74) is -0.0830. The Morgan fingerprint density at radius 1 is 1.56 bits per heavy atom. The second-order valence-electron chi connectivity index (χ2n) is 3.87. The molecule has 0 aromatic heterocycles. The molecule has 0 amide bonds. The van der Waals surface area contributed by atoms with Crippen molar-refractivity contribution in [1.82, 2.24) is 0 Å². The monoisotopic (exact) mass is 322 g/mol. The van der Waals surface area contributed by atoms with Crippen molar-refractivity contribution in [3.8, 4) is 0 Å². The topological polar surface area (TPSA) is 46.5 Å². The number of hydrogen-bond donors (Lipinski definition) is 1. The molecule has 0 fully saturated rings. The van der Waals surface area contributed by atoms with E-state index in [2.05, 4.69) is 20.7 Å². The second kappa shape index (κ2) is 5.86. The Hall–Kier alpha value is -0.850. The van der Waals surface area contributed by atoms with E-state index in [9.17, 15) is 13.6 Å². The third kappa shape index (κ3) is 3.34. The highest BCUT2D eigenvalue weighted by Gasteiger charge is 2.34. The van der Waals surface area contributed by atoms with Crippen LogP contribution in [0.2, 0.25) is 0 Å². The summed E-state index contributed by atoms with van der Waals surface area (Å²) in [5, 5.41) is 9.15. The fourth-order valence-corrected chi connectivity index (χ4v) is 2.13. The highest BCUT2D eigenvalue weighted by Crippen LogP contribution is 2.34. The van der Waals surface area contributed by atoms with Gasteiger partial charge in [-0.1, -0.05) is 28.1 Å². The molecule has 0 aliphatic rings. The van der Waals surface area contributed by atoms with E-state index in [0.717, 1.165) is 6.07 Å². The van der Waals surface area contributed by atoms with Gasteiger partial charge in [0.15, 0.2) is 5.78 Å². The van der Waals surface area contributed by atoms with E-state index in [-0.39, 0.29) is 15.6 Å². The van der Waals surface area contributed by atoms with Crippen LogP contribution >= 0.6 is 15.9 Å². The molecule has 1 rings (SSSR count). The first-order valence-corrected chi connectivity index (χ1v) is 5.98. The van der Waals surface area contributed by atoms with Crippen LogP contribution in [0.3, 0.4) is 0 Å². The molecule has 1 atom stereocenters. The Bertz CT molecular complexity index is 447. The second-order valence-corrected chi connectivity index (χ2v) is 4.73. The fourth-order valence-electron chi connectivity index (χ4n) is 1.47. The molecule has 0 bridgehead atoms. The average Bonchev–Trinajstić information content (AvgIpc) is 2.27. The summed E-state index contributed by atoms with van der Waals surface area (Å²) in [6.07, 6.45) is -1.16. The molecule has 18 heavy (non-hydrogen) atoms. The number of ether oxygens (including phenoxy) is 1. The lowest BCUT2D eigenvalue weighted by molar-refractivity contribution is -0.0703. The van der Waals surface area contributed by atoms with E-state index >= 15 is 0 Å². The molecular formula is C12H13BrF2O3. The number of carbonyl (C=O) groups excluding carboxylic acids is 1. The van der Waals surface area contributed by atoms with Crippen molar-refractivity contribution in [1.29, 1.82) is 0 Å². The number of ketones is 1. The van der Waals surface area contributed by atoms with Crippen molar-refractivity contribution in [2.75, 3.05) is 13.7 Å². The van der Waals surface area contributed by atoms with E-state index in [4.69, 9.17) is 5.11 Å². The third-order valence-corrected chi connectivity index (χ3v) is 3.01. The van der Waals surface area contributed by atoms with Crippen LogP contribution in [0.5, 0.6) is 0 Å². The highest BCUT2D eigenvalue weighted by molar-refractivity contribution is 9.10. The standard InChI is InChI=1S/C12H13BrF2O3/c1-7(16)11(17)8-3-4-9(10(13)5-8)12(14,15)6-18-2/h3-5,7,16H,6H2,1-2H3/t7-/m0/s1. The lowest BCUT2D eigenvalue weighted by Crippen LogP contribution is -2.21. The van der Waals surface area contributed by atoms with E-state index in [1.807, 2.05) is 0 Å². The van der Waals surface area contributed by atoms with Gasteiger partial charge < -0.3 is 9.84 Å². The molecule has 1 aromatic carbocycles. The van der Waals surface area contributed by atoms with Crippen LogP contribution in [-0.2, 0) is 10.7 Å². The number of benzene rings is 1. The fraction of sp³-hybridized carbons (Fsp3) is 0.417. The number of methoxy groups -OCH3 is 1. The summed E-state index contributed by atoms with van der Waals surface area (Å²) in [4.78, 5) is 11.5. The minimum atomic E-state index is -3.14. The summed E-state index contributed by atoms with van der Waals surface area (Å²) < 4.78 is 31.8. The maximum absolute atomic E-state index is 13.6.